The molecule has 0 aliphatic heterocycles. The number of nitrogens with two attached hydrogens (primary N) is 1. The lowest BCUT2D eigenvalue weighted by molar-refractivity contribution is -0.144. The minimum atomic E-state index is -5.05. The zero-order valence-electron chi connectivity index (χ0n) is 8.48. The molecule has 0 unspecified atom stereocenters. The third-order valence-corrected chi connectivity index (χ3v) is 2.63. The Labute approximate surface area is 99.5 Å². The van der Waals surface area contributed by atoms with Gasteiger partial charge in [-0.25, -0.2) is 9.13 Å². The molecule has 0 aliphatic rings. The second-order valence-corrected chi connectivity index (χ2v) is 5.22. The molecule has 0 heterocycles. The van der Waals surface area contributed by atoms with Gasteiger partial charge in [0, 0.05) is 0 Å². The van der Waals surface area contributed by atoms with E-state index in [2.05, 4.69) is 4.31 Å². The molecule has 0 saturated carbocycles. The molecule has 0 aliphatic carbocycles. The Bertz CT molecular complexity index is 361. The minimum Gasteiger partial charge on any atom is -0.481 e. The van der Waals surface area contributed by atoms with Gasteiger partial charge in [0.2, 0.25) is 0 Å². The molecule has 0 spiro atoms. The Hall–Kier alpha value is -0.840. The molecule has 0 amide bonds. The van der Waals surface area contributed by atoms with E-state index in [4.69, 9.17) is 35.5 Å². The molecule has 18 heavy (non-hydrogen) atoms. The molecule has 0 aromatic rings. The van der Waals surface area contributed by atoms with Crippen molar-refractivity contribution in [1.82, 2.24) is 0 Å². The summed E-state index contributed by atoms with van der Waals surface area (Å²) < 4.78 is 22.2. The van der Waals surface area contributed by atoms with E-state index in [0.29, 0.717) is 0 Å². The number of hydrogen-bond donors (Lipinski definition) is 7. The van der Waals surface area contributed by atoms with Gasteiger partial charge in [-0.05, 0) is 0 Å². The van der Waals surface area contributed by atoms with Crippen LogP contribution in [-0.4, -0.2) is 47.8 Å². The van der Waals surface area contributed by atoms with Crippen molar-refractivity contribution in [3.8, 4) is 0 Å². The topological polar surface area (TPSA) is 225 Å². The quantitative estimate of drug-likeness (QED) is 0.275. The highest BCUT2D eigenvalue weighted by Crippen LogP contribution is 2.53. The predicted molar refractivity (Wildman–Crippen MR) is 53.0 cm³/mol. The fourth-order valence-electron chi connectivity index (χ4n) is 0.414. The maximum Gasteiger partial charge on any atom is 0.478 e. The summed E-state index contributed by atoms with van der Waals surface area (Å²) in [5.41, 5.74) is 4.84. The van der Waals surface area contributed by atoms with Crippen LogP contribution in [0.15, 0.2) is 0 Å². The van der Waals surface area contributed by atoms with Crippen LogP contribution in [-0.2, 0) is 23.0 Å². The van der Waals surface area contributed by atoms with Crippen LogP contribution >= 0.6 is 15.6 Å². The van der Waals surface area contributed by atoms with E-state index >= 15 is 0 Å². The summed E-state index contributed by atoms with van der Waals surface area (Å²) in [6.45, 7) is 0. The lowest BCUT2D eigenvalue weighted by atomic mass is 10.2. The summed E-state index contributed by atoms with van der Waals surface area (Å²) in [5.74, 6) is -2.50. The van der Waals surface area contributed by atoms with Crippen LogP contribution in [0.25, 0.3) is 0 Å². The molecule has 0 aromatic carbocycles. The first-order valence-electron chi connectivity index (χ1n) is 3.77. The molecule has 0 saturated heterocycles. The molecular formula is C4H11NO11P2. The zero-order valence-corrected chi connectivity index (χ0v) is 10.3. The van der Waals surface area contributed by atoms with Crippen LogP contribution in [0.1, 0.15) is 6.42 Å². The first kappa shape index (κ1) is 19.5. The van der Waals surface area contributed by atoms with Crippen LogP contribution in [0.4, 0.5) is 0 Å². The summed E-state index contributed by atoms with van der Waals surface area (Å²) in [6, 6.07) is -1.29. The molecule has 1 atom stereocenters. The van der Waals surface area contributed by atoms with Crippen LogP contribution in [0, 0.1) is 0 Å². The second-order valence-electron chi connectivity index (χ2n) is 2.61. The smallest absolute Gasteiger partial charge is 0.478 e. The van der Waals surface area contributed by atoms with Crippen molar-refractivity contribution < 1.29 is 52.8 Å². The van der Waals surface area contributed by atoms with Crippen molar-refractivity contribution in [1.29, 1.82) is 0 Å². The Morgan fingerprint density at radius 3 is 1.44 bits per heavy atom. The highest BCUT2D eigenvalue weighted by Gasteiger charge is 2.27. The van der Waals surface area contributed by atoms with Crippen molar-refractivity contribution in [2.75, 3.05) is 0 Å². The Morgan fingerprint density at radius 1 is 1.06 bits per heavy atom. The van der Waals surface area contributed by atoms with Crippen molar-refractivity contribution in [3.05, 3.63) is 0 Å². The van der Waals surface area contributed by atoms with Crippen molar-refractivity contribution >= 4 is 27.6 Å². The van der Waals surface area contributed by atoms with Gasteiger partial charge < -0.3 is 35.5 Å². The van der Waals surface area contributed by atoms with Gasteiger partial charge in [-0.1, -0.05) is 0 Å². The van der Waals surface area contributed by atoms with E-state index in [9.17, 15) is 18.7 Å². The van der Waals surface area contributed by atoms with Gasteiger partial charge in [-0.2, -0.15) is 4.31 Å². The third kappa shape index (κ3) is 17.6. The predicted octanol–water partition coefficient (Wildman–Crippen LogP) is -1.94. The lowest BCUT2D eigenvalue weighted by Crippen LogP contribution is -2.32. The van der Waals surface area contributed by atoms with E-state index in [1.165, 1.54) is 0 Å². The number of carboxylic acids is 2. The Balaban J connectivity index is 0. The van der Waals surface area contributed by atoms with E-state index < -0.39 is 40.0 Å². The zero-order chi connectivity index (χ0) is 15.1. The molecule has 12 nitrogen and oxygen atoms in total. The second kappa shape index (κ2) is 7.56. The summed E-state index contributed by atoms with van der Waals surface area (Å²) in [7, 11) is -10.1. The average Bonchev–Trinajstić information content (AvgIpc) is 1.95. The summed E-state index contributed by atoms with van der Waals surface area (Å²) in [4.78, 5) is 50.6. The largest absolute Gasteiger partial charge is 0.481 e. The monoisotopic (exact) mass is 311 g/mol. The normalized spacial score (nSPS) is 13.2. The molecular weight excluding hydrogens is 300 g/mol. The van der Waals surface area contributed by atoms with Gasteiger partial charge in [-0.15, -0.1) is 0 Å². The van der Waals surface area contributed by atoms with Crippen molar-refractivity contribution in [2.45, 2.75) is 12.5 Å². The first-order chi connectivity index (χ1) is 7.74. The number of carbonyl (C=O) groups is 2. The van der Waals surface area contributed by atoms with Gasteiger partial charge in [0.25, 0.3) is 0 Å². The number of carboxylic acid groups (broad SMARTS) is 2. The number of aliphatic carboxylic acids is 2. The molecule has 0 rings (SSSR count). The summed E-state index contributed by atoms with van der Waals surface area (Å²) >= 11 is 0. The lowest BCUT2D eigenvalue weighted by Gasteiger charge is -2.03. The Morgan fingerprint density at radius 2 is 1.39 bits per heavy atom. The van der Waals surface area contributed by atoms with Crippen molar-refractivity contribution in [3.63, 3.8) is 0 Å². The van der Waals surface area contributed by atoms with Gasteiger partial charge >= 0.3 is 27.6 Å². The SMILES string of the molecule is N[C@@H](CC(=O)O)C(=O)O.O=P(O)(O)OP(=O)(O)O. The van der Waals surface area contributed by atoms with Gasteiger partial charge in [-0.3, -0.25) is 9.59 Å². The van der Waals surface area contributed by atoms with E-state index in [0.717, 1.165) is 0 Å². The van der Waals surface area contributed by atoms with E-state index in [1.807, 2.05) is 0 Å². The van der Waals surface area contributed by atoms with Crippen LogP contribution in [0.2, 0.25) is 0 Å². The molecule has 0 bridgehead atoms. The molecule has 0 radical (unpaired) electrons. The molecule has 108 valence electrons. The highest BCUT2D eigenvalue weighted by molar-refractivity contribution is 7.60. The van der Waals surface area contributed by atoms with Gasteiger partial charge in [0.15, 0.2) is 0 Å². The third-order valence-electron chi connectivity index (χ3n) is 0.924. The Kier molecular flexibility index (Phi) is 8.19. The molecule has 14 heteroatoms. The molecule has 8 N–H and O–H groups in total. The van der Waals surface area contributed by atoms with Gasteiger partial charge in [0.1, 0.15) is 6.04 Å². The summed E-state index contributed by atoms with van der Waals surface area (Å²) in [6.07, 6.45) is -0.532. The average molecular weight is 311 g/mol. The fraction of sp³-hybridized carbons (Fsp3) is 0.500. The number of phosphoric acid groups is 2. The number of rotatable bonds is 5. The molecule has 0 aromatic heterocycles. The standard InChI is InChI=1S/C4H7NO4.H4O7P2/c5-2(4(8)9)1-3(6)7;1-8(2,3)7-9(4,5)6/h2H,1,5H2,(H,6,7)(H,8,9);(H2,1,2,3)(H2,4,5,6)/t2-;/m0./s1. The van der Waals surface area contributed by atoms with E-state index in [-0.39, 0.29) is 0 Å². The van der Waals surface area contributed by atoms with E-state index in [1.54, 1.807) is 0 Å². The number of hydrogen-bond acceptors (Lipinski definition) is 6. The summed E-state index contributed by atoms with van der Waals surface area (Å²) in [5, 5.41) is 16.0. The van der Waals surface area contributed by atoms with Crippen LogP contribution < -0.4 is 5.73 Å². The fourth-order valence-corrected chi connectivity index (χ4v) is 1.52. The maximum atomic E-state index is 9.85. The molecule has 0 fully saturated rings. The first-order valence-corrected chi connectivity index (χ1v) is 6.83. The maximum absolute atomic E-state index is 9.85. The van der Waals surface area contributed by atoms with Gasteiger partial charge in [0.05, 0.1) is 6.42 Å². The van der Waals surface area contributed by atoms with Crippen molar-refractivity contribution in [2.24, 2.45) is 5.73 Å². The van der Waals surface area contributed by atoms with Crippen LogP contribution in [0.3, 0.4) is 0 Å². The minimum absolute atomic E-state index is 0.532. The van der Waals surface area contributed by atoms with Crippen LogP contribution in [0.5, 0.6) is 0 Å². The highest BCUT2D eigenvalue weighted by atomic mass is 31.3.